The van der Waals surface area contributed by atoms with E-state index in [-0.39, 0.29) is 60.6 Å². The van der Waals surface area contributed by atoms with E-state index in [1.165, 1.54) is 22.5 Å². The van der Waals surface area contributed by atoms with Crippen molar-refractivity contribution in [3.63, 3.8) is 0 Å². The zero-order valence-electron chi connectivity index (χ0n) is 25.5. The van der Waals surface area contributed by atoms with Crippen molar-refractivity contribution in [2.75, 3.05) is 24.2 Å². The van der Waals surface area contributed by atoms with Gasteiger partial charge in [0.05, 0.1) is 35.8 Å². The lowest BCUT2D eigenvalue weighted by Crippen LogP contribution is -2.57. The van der Waals surface area contributed by atoms with Gasteiger partial charge in [0, 0.05) is 36.8 Å². The summed E-state index contributed by atoms with van der Waals surface area (Å²) in [6.07, 6.45) is 2.02. The molecule has 1 aromatic carbocycles. The molecule has 0 radical (unpaired) electrons. The summed E-state index contributed by atoms with van der Waals surface area (Å²) in [6, 6.07) is 1.84. The summed E-state index contributed by atoms with van der Waals surface area (Å²) in [7, 11) is -3.54. The number of ether oxygens (including phenoxy) is 1. The Bertz CT molecular complexity index is 1380. The normalized spacial score (nSPS) is 30.3. The minimum Gasteiger partial charge on any atom is -0.376 e. The van der Waals surface area contributed by atoms with E-state index in [4.69, 9.17) is 15.9 Å². The number of piperazine rings is 1. The van der Waals surface area contributed by atoms with Crippen LogP contribution in [0.1, 0.15) is 57.1 Å². The van der Waals surface area contributed by atoms with Gasteiger partial charge < -0.3 is 26.5 Å². The van der Waals surface area contributed by atoms with Crippen LogP contribution in [0, 0.1) is 17.2 Å². The molecule has 0 aliphatic carbocycles. The van der Waals surface area contributed by atoms with Gasteiger partial charge >= 0.3 is 6.18 Å². The highest BCUT2D eigenvalue weighted by molar-refractivity contribution is 7.89. The number of rotatable bonds is 10. The first-order chi connectivity index (χ1) is 21.2. The molecule has 2 bridgehead atoms. The van der Waals surface area contributed by atoms with Crippen molar-refractivity contribution in [3.8, 4) is 0 Å². The van der Waals surface area contributed by atoms with E-state index in [0.29, 0.717) is 38.4 Å². The molecule has 3 aliphatic heterocycles. The Balaban J connectivity index is 1.59. The molecule has 0 saturated carbocycles. The van der Waals surface area contributed by atoms with E-state index < -0.39 is 51.5 Å². The molecule has 3 saturated heterocycles. The van der Waals surface area contributed by atoms with Crippen LogP contribution in [0.25, 0.3) is 0 Å². The minimum absolute atomic E-state index is 0.00407. The van der Waals surface area contributed by atoms with E-state index in [1.807, 2.05) is 13.8 Å². The number of hydrogen-bond acceptors (Lipinski definition) is 7. The molecule has 5 N–H and O–H groups in total. The fourth-order valence-corrected chi connectivity index (χ4v) is 8.66. The van der Waals surface area contributed by atoms with Crippen LogP contribution in [0.15, 0.2) is 42.3 Å². The van der Waals surface area contributed by atoms with Gasteiger partial charge in [0.2, 0.25) is 15.9 Å². The van der Waals surface area contributed by atoms with Crippen LogP contribution in [-0.2, 0) is 32.2 Å². The number of fused-ring (bicyclic) bond motifs is 2. The number of nitrogens with one attached hydrogen (secondary N) is 3. The summed E-state index contributed by atoms with van der Waals surface area (Å²) in [6.45, 7) is 4.41. The molecule has 14 heteroatoms. The number of halogens is 4. The van der Waals surface area contributed by atoms with E-state index in [1.54, 1.807) is 6.08 Å². The van der Waals surface area contributed by atoms with Crippen molar-refractivity contribution in [2.45, 2.75) is 88.9 Å². The lowest BCUT2D eigenvalue weighted by molar-refractivity contribution is -0.138. The van der Waals surface area contributed by atoms with Crippen LogP contribution in [0.5, 0.6) is 0 Å². The molecule has 7 unspecified atom stereocenters. The third-order valence-corrected chi connectivity index (χ3v) is 10.9. The molecule has 4 rings (SSSR count). The Morgan fingerprint density at radius 1 is 1.27 bits per heavy atom. The first-order valence-corrected chi connectivity index (χ1v) is 17.0. The summed E-state index contributed by atoms with van der Waals surface area (Å²) < 4.78 is 89.3. The molecule has 0 spiro atoms. The van der Waals surface area contributed by atoms with Gasteiger partial charge in [-0.1, -0.05) is 18.2 Å². The predicted octanol–water partition coefficient (Wildman–Crippen LogP) is 4.55. The van der Waals surface area contributed by atoms with Crippen molar-refractivity contribution in [1.29, 1.82) is 5.41 Å². The molecule has 3 heterocycles. The fraction of sp³-hybridized carbons (Fsp3) is 0.613. The first kappa shape index (κ1) is 35.2. The van der Waals surface area contributed by atoms with Gasteiger partial charge in [-0.25, -0.2) is 12.8 Å². The second-order valence-corrected chi connectivity index (χ2v) is 14.4. The predicted molar refractivity (Wildman–Crippen MR) is 165 cm³/mol. The SMILES string of the molecule is CC1CC(C(C=CC=C(F)C=N)C(N)C(=O)Nc2cccc(C(F)(F)F)c2CCC2CNC3CCCS(=O)(=O)N2C3)CC(C)O1. The quantitative estimate of drug-likeness (QED) is 0.166. The maximum Gasteiger partial charge on any atom is 0.416 e. The van der Waals surface area contributed by atoms with Crippen LogP contribution in [0.2, 0.25) is 0 Å². The van der Waals surface area contributed by atoms with Crippen LogP contribution < -0.4 is 16.4 Å². The average molecular weight is 658 g/mol. The van der Waals surface area contributed by atoms with Gasteiger partial charge in [0.1, 0.15) is 5.83 Å². The van der Waals surface area contributed by atoms with E-state index in [2.05, 4.69) is 10.6 Å². The molecular weight excluding hydrogens is 614 g/mol. The molecule has 45 heavy (non-hydrogen) atoms. The summed E-state index contributed by atoms with van der Waals surface area (Å²) in [5.41, 5.74) is 5.38. The summed E-state index contributed by atoms with van der Waals surface area (Å²) in [5, 5.41) is 13.0. The second kappa shape index (κ2) is 14.8. The molecule has 9 nitrogen and oxygen atoms in total. The van der Waals surface area contributed by atoms with Crippen molar-refractivity contribution >= 4 is 27.8 Å². The molecular formula is C31H43F4N5O4S. The van der Waals surface area contributed by atoms with Crippen molar-refractivity contribution in [1.82, 2.24) is 9.62 Å². The number of carbonyl (C=O) groups excluding carboxylic acids is 1. The van der Waals surface area contributed by atoms with Gasteiger partial charge in [-0.05, 0) is 82.1 Å². The van der Waals surface area contributed by atoms with E-state index >= 15 is 0 Å². The average Bonchev–Trinajstić information content (AvgIpc) is 3.08. The highest BCUT2D eigenvalue weighted by atomic mass is 32.2. The lowest BCUT2D eigenvalue weighted by Gasteiger charge is -2.38. The highest BCUT2D eigenvalue weighted by Crippen LogP contribution is 2.38. The van der Waals surface area contributed by atoms with Crippen LogP contribution in [-0.4, -0.2) is 74.0 Å². The van der Waals surface area contributed by atoms with Gasteiger partial charge in [-0.3, -0.25) is 4.79 Å². The zero-order valence-corrected chi connectivity index (χ0v) is 26.3. The topological polar surface area (TPSA) is 138 Å². The number of carbonyl (C=O) groups is 1. The Morgan fingerprint density at radius 2 is 1.98 bits per heavy atom. The van der Waals surface area contributed by atoms with Crippen molar-refractivity contribution in [3.05, 3.63) is 53.4 Å². The number of hydrogen-bond donors (Lipinski definition) is 4. The van der Waals surface area contributed by atoms with Crippen molar-refractivity contribution in [2.24, 2.45) is 17.6 Å². The first-order valence-electron chi connectivity index (χ1n) is 15.4. The van der Waals surface area contributed by atoms with Gasteiger partial charge in [-0.15, -0.1) is 0 Å². The minimum atomic E-state index is -4.71. The summed E-state index contributed by atoms with van der Waals surface area (Å²) in [4.78, 5) is 13.6. The largest absolute Gasteiger partial charge is 0.416 e. The molecule has 7 atom stereocenters. The Morgan fingerprint density at radius 3 is 2.64 bits per heavy atom. The van der Waals surface area contributed by atoms with Gasteiger partial charge in [-0.2, -0.15) is 17.5 Å². The number of sulfonamides is 1. The number of anilines is 1. The molecule has 250 valence electrons. The number of alkyl halides is 3. The van der Waals surface area contributed by atoms with E-state index in [9.17, 15) is 30.8 Å². The fourth-order valence-electron chi connectivity index (χ4n) is 6.85. The Labute approximate surface area is 262 Å². The van der Waals surface area contributed by atoms with E-state index in [0.717, 1.165) is 12.1 Å². The Kier molecular flexibility index (Phi) is 11.6. The molecule has 1 amide bonds. The number of benzene rings is 1. The molecule has 3 aliphatic rings. The monoisotopic (exact) mass is 657 g/mol. The lowest BCUT2D eigenvalue weighted by atomic mass is 9.77. The number of nitrogens with zero attached hydrogens (tertiary/aromatic N) is 1. The third-order valence-electron chi connectivity index (χ3n) is 8.95. The maximum absolute atomic E-state index is 14.2. The second-order valence-electron chi connectivity index (χ2n) is 12.3. The summed E-state index contributed by atoms with van der Waals surface area (Å²) in [5.74, 6) is -2.22. The number of amides is 1. The Hall–Kier alpha value is -2.65. The molecule has 3 fully saturated rings. The van der Waals surface area contributed by atoms with Crippen LogP contribution in [0.4, 0.5) is 23.2 Å². The number of nitrogens with two attached hydrogens (primary N) is 1. The van der Waals surface area contributed by atoms with Crippen molar-refractivity contribution < 1.29 is 35.5 Å². The number of allylic oxidation sites excluding steroid dienone is 3. The standard InChI is InChI=1S/C31H43F4N5O4S/c1-19-14-21(15-20(2)44-19)25(8-3-6-22(32)16-36)29(37)30(41)39-28-10-4-9-27(31(33,34)35)26(28)12-11-24-17-38-23-7-5-13-45(42,43)40(24)18-23/h3-4,6,8-10,16,19-21,23-25,29,36,38H,5,7,11-15,17-18,37H2,1-2H3,(H,39,41). The van der Waals surface area contributed by atoms with Gasteiger partial charge in [0.15, 0.2) is 0 Å². The molecule has 0 aromatic heterocycles. The van der Waals surface area contributed by atoms with Crippen LogP contribution in [0.3, 0.4) is 0 Å². The zero-order chi connectivity index (χ0) is 32.9. The maximum atomic E-state index is 14.2. The molecule has 1 aromatic rings. The summed E-state index contributed by atoms with van der Waals surface area (Å²) >= 11 is 0. The third kappa shape index (κ3) is 9.00. The van der Waals surface area contributed by atoms with Crippen LogP contribution >= 0.6 is 0 Å². The smallest absolute Gasteiger partial charge is 0.376 e. The van der Waals surface area contributed by atoms with Gasteiger partial charge in [0.25, 0.3) is 0 Å². The highest BCUT2D eigenvalue weighted by Gasteiger charge is 2.40.